The molecular formula is C25H22N2O6. The van der Waals surface area contributed by atoms with E-state index in [-0.39, 0.29) is 23.4 Å². The van der Waals surface area contributed by atoms with Gasteiger partial charge >= 0.3 is 5.63 Å². The SMILES string of the molecule is Cc1c(O)c(=O)ccn1CCNC(=O)c1cc2cccc(OCc3ccccc3)c2oc1=O. The Labute approximate surface area is 188 Å². The van der Waals surface area contributed by atoms with Gasteiger partial charge in [0.1, 0.15) is 12.2 Å². The number of amides is 1. The number of pyridine rings is 1. The van der Waals surface area contributed by atoms with Crippen LogP contribution in [0.5, 0.6) is 11.5 Å². The van der Waals surface area contributed by atoms with E-state index < -0.39 is 17.0 Å². The Morgan fingerprint density at radius 3 is 2.67 bits per heavy atom. The van der Waals surface area contributed by atoms with Crippen LogP contribution in [0.25, 0.3) is 11.0 Å². The summed E-state index contributed by atoms with van der Waals surface area (Å²) in [6, 6.07) is 17.5. The molecule has 2 heterocycles. The molecule has 4 rings (SSSR count). The molecule has 8 heteroatoms. The van der Waals surface area contributed by atoms with Crippen LogP contribution in [0.15, 0.2) is 80.9 Å². The summed E-state index contributed by atoms with van der Waals surface area (Å²) in [5, 5.41) is 13.0. The number of para-hydroxylation sites is 1. The fourth-order valence-electron chi connectivity index (χ4n) is 3.42. The summed E-state index contributed by atoms with van der Waals surface area (Å²) >= 11 is 0. The van der Waals surface area contributed by atoms with Gasteiger partial charge in [-0.2, -0.15) is 0 Å². The van der Waals surface area contributed by atoms with Gasteiger partial charge in [-0.25, -0.2) is 4.79 Å². The van der Waals surface area contributed by atoms with Crippen LogP contribution in [0.1, 0.15) is 21.6 Å². The third-order valence-corrected chi connectivity index (χ3v) is 5.26. The maximum Gasteiger partial charge on any atom is 0.349 e. The highest BCUT2D eigenvalue weighted by Gasteiger charge is 2.16. The number of benzene rings is 2. The number of ether oxygens (including phenoxy) is 1. The van der Waals surface area contributed by atoms with Gasteiger partial charge in [-0.3, -0.25) is 9.59 Å². The molecule has 168 valence electrons. The Kier molecular flexibility index (Phi) is 6.26. The Hall–Kier alpha value is -4.33. The number of aromatic hydroxyl groups is 1. The molecule has 0 spiro atoms. The first-order valence-electron chi connectivity index (χ1n) is 10.3. The summed E-state index contributed by atoms with van der Waals surface area (Å²) in [5.74, 6) is -0.498. The lowest BCUT2D eigenvalue weighted by Crippen LogP contribution is -2.31. The number of fused-ring (bicyclic) bond motifs is 1. The molecule has 2 aromatic carbocycles. The molecule has 8 nitrogen and oxygen atoms in total. The topological polar surface area (TPSA) is 111 Å². The van der Waals surface area contributed by atoms with Gasteiger partial charge < -0.3 is 24.1 Å². The predicted molar refractivity (Wildman–Crippen MR) is 123 cm³/mol. The van der Waals surface area contributed by atoms with Crippen LogP contribution < -0.4 is 21.1 Å². The molecule has 0 bridgehead atoms. The summed E-state index contributed by atoms with van der Waals surface area (Å²) in [5.41, 5.74) is 0.280. The molecule has 0 fully saturated rings. The number of rotatable bonds is 7. The molecule has 0 saturated heterocycles. The summed E-state index contributed by atoms with van der Waals surface area (Å²) < 4.78 is 12.9. The van der Waals surface area contributed by atoms with Crippen LogP contribution in [0, 0.1) is 6.92 Å². The lowest BCUT2D eigenvalue weighted by atomic mass is 10.1. The average molecular weight is 446 g/mol. The Morgan fingerprint density at radius 2 is 1.88 bits per heavy atom. The average Bonchev–Trinajstić information content (AvgIpc) is 2.83. The van der Waals surface area contributed by atoms with Crippen LogP contribution in [-0.4, -0.2) is 22.1 Å². The van der Waals surface area contributed by atoms with Crippen molar-refractivity contribution in [2.75, 3.05) is 6.54 Å². The standard InChI is InChI=1S/C25H22N2O6/c1-16-22(29)20(28)10-12-27(16)13-11-26-24(30)19-14-18-8-5-9-21(23(18)33-25(19)31)32-15-17-6-3-2-4-7-17/h2-10,12,14,29H,11,13,15H2,1H3,(H,26,30). The van der Waals surface area contributed by atoms with E-state index in [9.17, 15) is 19.5 Å². The van der Waals surface area contributed by atoms with Crippen LogP contribution in [0.4, 0.5) is 0 Å². The van der Waals surface area contributed by atoms with Gasteiger partial charge in [-0.1, -0.05) is 42.5 Å². The summed E-state index contributed by atoms with van der Waals surface area (Å²) in [6.45, 7) is 2.40. The van der Waals surface area contributed by atoms with Crippen LogP contribution in [0.2, 0.25) is 0 Å². The first-order valence-corrected chi connectivity index (χ1v) is 10.3. The lowest BCUT2D eigenvalue weighted by Gasteiger charge is -2.12. The van der Waals surface area contributed by atoms with E-state index in [1.807, 2.05) is 30.3 Å². The molecule has 0 aliphatic rings. The number of carbonyl (C=O) groups excluding carboxylic acids is 1. The highest BCUT2D eigenvalue weighted by Crippen LogP contribution is 2.25. The van der Waals surface area contributed by atoms with Crippen molar-refractivity contribution < 1.29 is 19.1 Å². The first kappa shape index (κ1) is 21.9. The van der Waals surface area contributed by atoms with E-state index in [0.717, 1.165) is 5.56 Å². The number of nitrogens with one attached hydrogen (secondary N) is 1. The maximum atomic E-state index is 12.6. The monoisotopic (exact) mass is 446 g/mol. The molecule has 0 saturated carbocycles. The van der Waals surface area contributed by atoms with Gasteiger partial charge in [0.15, 0.2) is 17.1 Å². The maximum absolute atomic E-state index is 12.6. The van der Waals surface area contributed by atoms with E-state index in [1.54, 1.807) is 29.7 Å². The zero-order valence-corrected chi connectivity index (χ0v) is 17.9. The van der Waals surface area contributed by atoms with E-state index in [2.05, 4.69) is 5.32 Å². The Morgan fingerprint density at radius 1 is 1.09 bits per heavy atom. The van der Waals surface area contributed by atoms with Crippen molar-refractivity contribution in [3.05, 3.63) is 104 Å². The second-order valence-electron chi connectivity index (χ2n) is 7.46. The second kappa shape index (κ2) is 9.44. The second-order valence-corrected chi connectivity index (χ2v) is 7.46. The van der Waals surface area contributed by atoms with Crippen molar-refractivity contribution in [2.24, 2.45) is 0 Å². The fraction of sp³-hybridized carbons (Fsp3) is 0.160. The van der Waals surface area contributed by atoms with Gasteiger partial charge in [0.05, 0.1) is 5.69 Å². The van der Waals surface area contributed by atoms with Crippen molar-refractivity contribution in [3.63, 3.8) is 0 Å². The Bertz CT molecular complexity index is 1420. The summed E-state index contributed by atoms with van der Waals surface area (Å²) in [7, 11) is 0. The van der Waals surface area contributed by atoms with Crippen molar-refractivity contribution in [1.82, 2.24) is 9.88 Å². The van der Waals surface area contributed by atoms with Gasteiger partial charge in [0.25, 0.3) is 5.91 Å². The zero-order valence-electron chi connectivity index (χ0n) is 17.9. The number of hydrogen-bond donors (Lipinski definition) is 2. The minimum absolute atomic E-state index is 0.123. The largest absolute Gasteiger partial charge is 0.503 e. The van der Waals surface area contributed by atoms with Crippen LogP contribution in [-0.2, 0) is 13.2 Å². The number of carbonyl (C=O) groups is 1. The number of hydrogen-bond acceptors (Lipinski definition) is 6. The highest BCUT2D eigenvalue weighted by atomic mass is 16.5. The van der Waals surface area contributed by atoms with Crippen LogP contribution in [0.3, 0.4) is 0 Å². The first-order chi connectivity index (χ1) is 15.9. The number of aromatic nitrogens is 1. The van der Waals surface area contributed by atoms with Gasteiger partial charge in [0, 0.05) is 30.7 Å². The van der Waals surface area contributed by atoms with Gasteiger partial charge in [0.2, 0.25) is 5.43 Å². The third kappa shape index (κ3) is 4.79. The van der Waals surface area contributed by atoms with Crippen molar-refractivity contribution in [3.8, 4) is 11.5 Å². The normalized spacial score (nSPS) is 10.8. The predicted octanol–water partition coefficient (Wildman–Crippen LogP) is 2.98. The third-order valence-electron chi connectivity index (χ3n) is 5.26. The van der Waals surface area contributed by atoms with Crippen molar-refractivity contribution in [1.29, 1.82) is 0 Å². The fourth-order valence-corrected chi connectivity index (χ4v) is 3.42. The number of nitrogens with zero attached hydrogens (tertiary/aromatic N) is 1. The van der Waals surface area contributed by atoms with Crippen molar-refractivity contribution >= 4 is 16.9 Å². The molecule has 0 unspecified atom stereocenters. The molecule has 0 radical (unpaired) electrons. The molecule has 0 atom stereocenters. The minimum Gasteiger partial charge on any atom is -0.503 e. The van der Waals surface area contributed by atoms with E-state index in [1.165, 1.54) is 18.3 Å². The molecule has 33 heavy (non-hydrogen) atoms. The molecule has 4 aromatic rings. The summed E-state index contributed by atoms with van der Waals surface area (Å²) in [6.07, 6.45) is 1.53. The highest BCUT2D eigenvalue weighted by molar-refractivity contribution is 5.97. The van der Waals surface area contributed by atoms with E-state index in [4.69, 9.17) is 9.15 Å². The van der Waals surface area contributed by atoms with E-state index >= 15 is 0 Å². The van der Waals surface area contributed by atoms with Crippen LogP contribution >= 0.6 is 0 Å². The molecule has 2 aromatic heterocycles. The van der Waals surface area contributed by atoms with Gasteiger partial charge in [-0.15, -0.1) is 0 Å². The van der Waals surface area contributed by atoms with E-state index in [0.29, 0.717) is 30.0 Å². The van der Waals surface area contributed by atoms with Crippen molar-refractivity contribution in [2.45, 2.75) is 20.1 Å². The zero-order chi connectivity index (χ0) is 23.4. The smallest absolute Gasteiger partial charge is 0.349 e. The summed E-state index contributed by atoms with van der Waals surface area (Å²) in [4.78, 5) is 36.6. The molecule has 0 aliphatic heterocycles. The van der Waals surface area contributed by atoms with Gasteiger partial charge in [-0.05, 0) is 24.6 Å². The minimum atomic E-state index is -0.770. The quantitative estimate of drug-likeness (QED) is 0.422. The Balaban J connectivity index is 1.48. The molecule has 1 amide bonds. The molecular weight excluding hydrogens is 424 g/mol. The molecule has 2 N–H and O–H groups in total. The lowest BCUT2D eigenvalue weighted by molar-refractivity contribution is 0.0948. The molecule has 0 aliphatic carbocycles.